The second-order valence-corrected chi connectivity index (χ2v) is 5.85. The number of carbonyl (C=O) groups is 1. The molecular formula is C16H22N2O2. The Hall–Kier alpha value is -1.71. The smallest absolute Gasteiger partial charge is 0.256 e. The van der Waals surface area contributed by atoms with Crippen LogP contribution < -0.4 is 10.5 Å². The van der Waals surface area contributed by atoms with Gasteiger partial charge in [-0.05, 0) is 43.4 Å². The highest BCUT2D eigenvalue weighted by molar-refractivity contribution is 5.99. The summed E-state index contributed by atoms with van der Waals surface area (Å²) in [7, 11) is 1.60. The van der Waals surface area contributed by atoms with Gasteiger partial charge in [-0.25, -0.2) is 0 Å². The number of carbonyl (C=O) groups excluding carboxylic acids is 1. The van der Waals surface area contributed by atoms with E-state index in [1.807, 2.05) is 4.90 Å². The summed E-state index contributed by atoms with van der Waals surface area (Å²) in [5.74, 6) is 1.44. The minimum atomic E-state index is 0.0656. The molecule has 20 heavy (non-hydrogen) atoms. The van der Waals surface area contributed by atoms with E-state index in [4.69, 9.17) is 10.5 Å². The molecule has 1 saturated heterocycles. The lowest BCUT2D eigenvalue weighted by molar-refractivity contribution is 0.0691. The molecule has 3 rings (SSSR count). The zero-order valence-electron chi connectivity index (χ0n) is 12.0. The molecule has 0 aromatic heterocycles. The summed E-state index contributed by atoms with van der Waals surface area (Å²) in [6.07, 6.45) is 6.09. The average Bonchev–Trinajstić information content (AvgIpc) is 2.91. The standard InChI is InChI=1S/C16H22N2O2/c1-20-12-6-7-14(17)13(10-12)16(19)18-9-8-11-4-2-3-5-15(11)18/h6-7,10-11,15H,2-5,8-9,17H2,1H3. The number of amides is 1. The molecule has 1 amide bonds. The van der Waals surface area contributed by atoms with Crippen LogP contribution in [-0.4, -0.2) is 30.5 Å². The summed E-state index contributed by atoms with van der Waals surface area (Å²) in [5.41, 5.74) is 7.09. The topological polar surface area (TPSA) is 55.6 Å². The van der Waals surface area contributed by atoms with Gasteiger partial charge in [0.25, 0.3) is 5.91 Å². The van der Waals surface area contributed by atoms with Gasteiger partial charge in [0.2, 0.25) is 0 Å². The first-order chi connectivity index (χ1) is 9.70. The molecule has 1 aliphatic carbocycles. The van der Waals surface area contributed by atoms with Crippen molar-refractivity contribution in [1.82, 2.24) is 4.90 Å². The van der Waals surface area contributed by atoms with Gasteiger partial charge in [0.05, 0.1) is 12.7 Å². The van der Waals surface area contributed by atoms with Gasteiger partial charge in [0.15, 0.2) is 0 Å². The predicted molar refractivity (Wildman–Crippen MR) is 78.8 cm³/mol. The summed E-state index contributed by atoms with van der Waals surface area (Å²) in [5, 5.41) is 0. The molecule has 108 valence electrons. The SMILES string of the molecule is COc1ccc(N)c(C(=O)N2CCC3CCCCC32)c1. The molecule has 0 radical (unpaired) electrons. The molecule has 1 aromatic carbocycles. The number of ether oxygens (including phenoxy) is 1. The number of nitrogen functional groups attached to an aromatic ring is 1. The van der Waals surface area contributed by atoms with Crippen LogP contribution in [0.5, 0.6) is 5.75 Å². The van der Waals surface area contributed by atoms with E-state index in [2.05, 4.69) is 0 Å². The van der Waals surface area contributed by atoms with Crippen LogP contribution in [0.15, 0.2) is 18.2 Å². The van der Waals surface area contributed by atoms with Crippen LogP contribution in [0, 0.1) is 5.92 Å². The largest absolute Gasteiger partial charge is 0.497 e. The van der Waals surface area contributed by atoms with E-state index in [1.54, 1.807) is 25.3 Å². The molecule has 0 bridgehead atoms. The number of anilines is 1. The second kappa shape index (κ2) is 5.35. The lowest BCUT2D eigenvalue weighted by Gasteiger charge is -2.32. The van der Waals surface area contributed by atoms with E-state index in [-0.39, 0.29) is 5.91 Å². The van der Waals surface area contributed by atoms with E-state index in [1.165, 1.54) is 19.3 Å². The van der Waals surface area contributed by atoms with Crippen molar-refractivity contribution in [3.05, 3.63) is 23.8 Å². The van der Waals surface area contributed by atoms with Gasteiger partial charge in [0, 0.05) is 18.3 Å². The van der Waals surface area contributed by atoms with Gasteiger partial charge in [-0.3, -0.25) is 4.79 Å². The van der Waals surface area contributed by atoms with E-state index in [9.17, 15) is 4.79 Å². The van der Waals surface area contributed by atoms with Crippen LogP contribution in [0.25, 0.3) is 0 Å². The van der Waals surface area contributed by atoms with Crippen molar-refractivity contribution < 1.29 is 9.53 Å². The van der Waals surface area contributed by atoms with Crippen molar-refractivity contribution in [1.29, 1.82) is 0 Å². The van der Waals surface area contributed by atoms with Crippen molar-refractivity contribution in [3.63, 3.8) is 0 Å². The molecule has 1 aromatic rings. The Kier molecular flexibility index (Phi) is 3.55. The molecule has 2 fully saturated rings. The highest BCUT2D eigenvalue weighted by atomic mass is 16.5. The lowest BCUT2D eigenvalue weighted by atomic mass is 9.85. The average molecular weight is 274 g/mol. The molecule has 2 atom stereocenters. The van der Waals surface area contributed by atoms with Gasteiger partial charge in [-0.2, -0.15) is 0 Å². The Balaban J connectivity index is 1.85. The third kappa shape index (κ3) is 2.23. The first-order valence-electron chi connectivity index (χ1n) is 7.45. The van der Waals surface area contributed by atoms with Crippen LogP contribution in [0.3, 0.4) is 0 Å². The number of fused-ring (bicyclic) bond motifs is 1. The van der Waals surface area contributed by atoms with Gasteiger partial charge in [-0.1, -0.05) is 12.8 Å². The van der Waals surface area contributed by atoms with E-state index < -0.39 is 0 Å². The van der Waals surface area contributed by atoms with E-state index in [0.29, 0.717) is 29.0 Å². The predicted octanol–water partition coefficient (Wildman–Crippen LogP) is 2.68. The zero-order valence-corrected chi connectivity index (χ0v) is 12.0. The molecule has 4 heteroatoms. The number of benzene rings is 1. The Labute approximate surface area is 119 Å². The number of likely N-dealkylation sites (tertiary alicyclic amines) is 1. The zero-order chi connectivity index (χ0) is 14.1. The molecule has 2 aliphatic rings. The summed E-state index contributed by atoms with van der Waals surface area (Å²) >= 11 is 0. The summed E-state index contributed by atoms with van der Waals surface area (Å²) in [6.45, 7) is 0.866. The Morgan fingerprint density at radius 1 is 1.30 bits per heavy atom. The minimum absolute atomic E-state index is 0.0656. The third-order valence-electron chi connectivity index (χ3n) is 4.76. The Morgan fingerprint density at radius 3 is 2.90 bits per heavy atom. The third-order valence-corrected chi connectivity index (χ3v) is 4.76. The quantitative estimate of drug-likeness (QED) is 0.844. The fraction of sp³-hybridized carbons (Fsp3) is 0.562. The maximum absolute atomic E-state index is 12.8. The molecule has 4 nitrogen and oxygen atoms in total. The van der Waals surface area contributed by atoms with Crippen molar-refractivity contribution in [3.8, 4) is 5.75 Å². The molecule has 2 unspecified atom stereocenters. The van der Waals surface area contributed by atoms with Crippen molar-refractivity contribution in [2.45, 2.75) is 38.1 Å². The van der Waals surface area contributed by atoms with Crippen LogP contribution in [0.4, 0.5) is 5.69 Å². The van der Waals surface area contributed by atoms with Crippen molar-refractivity contribution in [2.24, 2.45) is 5.92 Å². The first-order valence-corrected chi connectivity index (χ1v) is 7.45. The Morgan fingerprint density at radius 2 is 2.10 bits per heavy atom. The molecule has 1 heterocycles. The molecule has 1 aliphatic heterocycles. The van der Waals surface area contributed by atoms with E-state index in [0.717, 1.165) is 19.4 Å². The number of hydrogen-bond acceptors (Lipinski definition) is 3. The Bertz CT molecular complexity index is 515. The van der Waals surface area contributed by atoms with Crippen LogP contribution in [-0.2, 0) is 0 Å². The number of methoxy groups -OCH3 is 1. The highest BCUT2D eigenvalue weighted by Gasteiger charge is 2.38. The van der Waals surface area contributed by atoms with E-state index >= 15 is 0 Å². The van der Waals surface area contributed by atoms with Gasteiger partial charge < -0.3 is 15.4 Å². The fourth-order valence-electron chi connectivity index (χ4n) is 3.66. The lowest BCUT2D eigenvalue weighted by Crippen LogP contribution is -2.39. The molecule has 0 spiro atoms. The molecular weight excluding hydrogens is 252 g/mol. The summed E-state index contributed by atoms with van der Waals surface area (Å²) in [6, 6.07) is 5.72. The highest BCUT2D eigenvalue weighted by Crippen LogP contribution is 2.37. The number of rotatable bonds is 2. The van der Waals surface area contributed by atoms with Crippen LogP contribution in [0.1, 0.15) is 42.5 Å². The normalized spacial score (nSPS) is 25.4. The summed E-state index contributed by atoms with van der Waals surface area (Å²) in [4.78, 5) is 14.8. The fourth-order valence-corrected chi connectivity index (χ4v) is 3.66. The van der Waals surface area contributed by atoms with Crippen LogP contribution in [0.2, 0.25) is 0 Å². The maximum Gasteiger partial charge on any atom is 0.256 e. The monoisotopic (exact) mass is 274 g/mol. The molecule has 2 N–H and O–H groups in total. The number of nitrogens with two attached hydrogens (primary N) is 1. The van der Waals surface area contributed by atoms with Gasteiger partial charge >= 0.3 is 0 Å². The summed E-state index contributed by atoms with van der Waals surface area (Å²) < 4.78 is 5.20. The number of hydrogen-bond donors (Lipinski definition) is 1. The van der Waals surface area contributed by atoms with Crippen molar-refractivity contribution >= 4 is 11.6 Å². The first kappa shape index (κ1) is 13.3. The van der Waals surface area contributed by atoms with Gasteiger partial charge in [0.1, 0.15) is 5.75 Å². The molecule has 1 saturated carbocycles. The minimum Gasteiger partial charge on any atom is -0.497 e. The van der Waals surface area contributed by atoms with Crippen molar-refractivity contribution in [2.75, 3.05) is 19.4 Å². The second-order valence-electron chi connectivity index (χ2n) is 5.85. The van der Waals surface area contributed by atoms with Crippen LogP contribution >= 0.6 is 0 Å². The van der Waals surface area contributed by atoms with Gasteiger partial charge in [-0.15, -0.1) is 0 Å². The maximum atomic E-state index is 12.8. The number of nitrogens with zero attached hydrogens (tertiary/aromatic N) is 1.